The number of amides is 1. The fraction of sp³-hybridized carbons (Fsp3) is 0.680. The molecule has 0 saturated heterocycles. The summed E-state index contributed by atoms with van der Waals surface area (Å²) in [4.78, 5) is 19.2. The van der Waals surface area contributed by atoms with Crippen LogP contribution in [-0.4, -0.2) is 32.6 Å². The first kappa shape index (κ1) is 27.0. The highest BCUT2D eigenvalue weighted by Crippen LogP contribution is 2.20. The molecule has 0 atom stereocenters. The third-order valence-corrected chi connectivity index (χ3v) is 6.36. The van der Waals surface area contributed by atoms with E-state index in [4.69, 9.17) is 0 Å². The number of hydrogen-bond acceptors (Lipinski definition) is 6. The molecule has 0 aliphatic rings. The molecule has 3 N–H and O–H groups in total. The number of imidazole rings is 1. The Kier molecular flexibility index (Phi) is 14.9. The van der Waals surface area contributed by atoms with Crippen molar-refractivity contribution in [1.82, 2.24) is 20.2 Å². The van der Waals surface area contributed by atoms with E-state index < -0.39 is 0 Å². The van der Waals surface area contributed by atoms with Gasteiger partial charge < -0.3 is 15.6 Å². The second kappa shape index (κ2) is 18.2. The SMILES string of the molecule is CCCCCCCCC=CCCCCCCCC(=O)Nc1nnc(NCCc2cnc[nH]2)s1. The van der Waals surface area contributed by atoms with Crippen LogP contribution in [0, 0.1) is 0 Å². The molecule has 8 heteroatoms. The highest BCUT2D eigenvalue weighted by molar-refractivity contribution is 7.19. The highest BCUT2D eigenvalue weighted by atomic mass is 32.1. The lowest BCUT2D eigenvalue weighted by Gasteiger charge is -2.02. The van der Waals surface area contributed by atoms with Crippen LogP contribution in [0.4, 0.5) is 10.3 Å². The maximum atomic E-state index is 12.1. The number of aromatic nitrogens is 4. The molecule has 0 spiro atoms. The molecule has 2 rings (SSSR count). The topological polar surface area (TPSA) is 95.6 Å². The molecule has 2 heterocycles. The smallest absolute Gasteiger partial charge is 0.226 e. The molecule has 0 saturated carbocycles. The van der Waals surface area contributed by atoms with Crippen LogP contribution >= 0.6 is 11.3 Å². The fourth-order valence-corrected chi connectivity index (χ4v) is 4.29. The van der Waals surface area contributed by atoms with E-state index in [1.165, 1.54) is 82.0 Å². The van der Waals surface area contributed by atoms with Gasteiger partial charge in [-0.2, -0.15) is 0 Å². The summed E-state index contributed by atoms with van der Waals surface area (Å²) in [6.45, 7) is 3.00. The van der Waals surface area contributed by atoms with Gasteiger partial charge in [0, 0.05) is 31.3 Å². The Morgan fingerprint density at radius 2 is 1.61 bits per heavy atom. The lowest BCUT2D eigenvalue weighted by atomic mass is 10.1. The van der Waals surface area contributed by atoms with E-state index in [1.807, 2.05) is 6.20 Å². The van der Waals surface area contributed by atoms with Gasteiger partial charge in [0.15, 0.2) is 0 Å². The molecule has 2 aromatic heterocycles. The first-order valence-corrected chi connectivity index (χ1v) is 13.6. The van der Waals surface area contributed by atoms with Gasteiger partial charge in [-0.1, -0.05) is 81.8 Å². The van der Waals surface area contributed by atoms with Crippen molar-refractivity contribution in [3.05, 3.63) is 30.4 Å². The van der Waals surface area contributed by atoms with Crippen molar-refractivity contribution < 1.29 is 4.79 Å². The van der Waals surface area contributed by atoms with E-state index in [2.05, 4.69) is 49.9 Å². The van der Waals surface area contributed by atoms with Crippen molar-refractivity contribution in [2.45, 2.75) is 103 Å². The molecule has 0 bridgehead atoms. The number of H-pyrrole nitrogens is 1. The van der Waals surface area contributed by atoms with Crippen molar-refractivity contribution in [2.24, 2.45) is 0 Å². The zero-order valence-electron chi connectivity index (χ0n) is 20.3. The van der Waals surface area contributed by atoms with E-state index >= 15 is 0 Å². The minimum atomic E-state index is 0.0211. The van der Waals surface area contributed by atoms with Crippen LogP contribution in [0.25, 0.3) is 0 Å². The van der Waals surface area contributed by atoms with Crippen LogP contribution in [-0.2, 0) is 11.2 Å². The summed E-state index contributed by atoms with van der Waals surface area (Å²) in [6, 6.07) is 0. The van der Waals surface area contributed by atoms with Gasteiger partial charge in [-0.15, -0.1) is 10.2 Å². The number of rotatable bonds is 20. The number of anilines is 2. The number of unbranched alkanes of at least 4 members (excludes halogenated alkanes) is 11. The predicted molar refractivity (Wildman–Crippen MR) is 139 cm³/mol. The highest BCUT2D eigenvalue weighted by Gasteiger charge is 2.08. The maximum Gasteiger partial charge on any atom is 0.226 e. The lowest BCUT2D eigenvalue weighted by Crippen LogP contribution is -2.10. The molecular formula is C25H42N6OS. The first-order valence-electron chi connectivity index (χ1n) is 12.8. The molecule has 184 valence electrons. The van der Waals surface area contributed by atoms with Crippen LogP contribution in [0.2, 0.25) is 0 Å². The van der Waals surface area contributed by atoms with E-state index in [0.29, 0.717) is 16.7 Å². The van der Waals surface area contributed by atoms with Crippen LogP contribution in [0.15, 0.2) is 24.7 Å². The number of aromatic amines is 1. The zero-order valence-corrected chi connectivity index (χ0v) is 21.1. The fourth-order valence-electron chi connectivity index (χ4n) is 3.61. The largest absolute Gasteiger partial charge is 0.360 e. The number of carbonyl (C=O) groups is 1. The summed E-state index contributed by atoms with van der Waals surface area (Å²) in [5.41, 5.74) is 1.07. The van der Waals surface area contributed by atoms with Gasteiger partial charge in [-0.3, -0.25) is 4.79 Å². The summed E-state index contributed by atoms with van der Waals surface area (Å²) in [6.07, 6.45) is 25.9. The van der Waals surface area contributed by atoms with Gasteiger partial charge in [0.05, 0.1) is 6.33 Å². The average molecular weight is 475 g/mol. The number of allylic oxidation sites excluding steroid dienone is 2. The summed E-state index contributed by atoms with van der Waals surface area (Å²) >= 11 is 1.36. The van der Waals surface area contributed by atoms with Crippen molar-refractivity contribution in [3.63, 3.8) is 0 Å². The minimum Gasteiger partial charge on any atom is -0.360 e. The molecule has 33 heavy (non-hydrogen) atoms. The van der Waals surface area contributed by atoms with Crippen molar-refractivity contribution in [3.8, 4) is 0 Å². The molecule has 2 aromatic rings. The summed E-state index contributed by atoms with van der Waals surface area (Å²) in [7, 11) is 0. The Hall–Kier alpha value is -2.22. The molecule has 0 radical (unpaired) electrons. The molecule has 0 fully saturated rings. The second-order valence-corrected chi connectivity index (χ2v) is 9.53. The molecule has 0 aliphatic heterocycles. The van der Waals surface area contributed by atoms with Crippen LogP contribution in [0.3, 0.4) is 0 Å². The van der Waals surface area contributed by atoms with Gasteiger partial charge in [0.25, 0.3) is 0 Å². The number of carbonyl (C=O) groups excluding carboxylic acids is 1. The van der Waals surface area contributed by atoms with Gasteiger partial charge in [0.1, 0.15) is 0 Å². The first-order chi connectivity index (χ1) is 16.3. The molecule has 0 unspecified atom stereocenters. The normalized spacial score (nSPS) is 11.3. The Balaban J connectivity index is 1.39. The monoisotopic (exact) mass is 474 g/mol. The van der Waals surface area contributed by atoms with Gasteiger partial charge in [0.2, 0.25) is 16.2 Å². The standard InChI is InChI=1S/C25H42N6OS/c1-2-3-4-5-6-7-8-9-10-11-12-13-14-15-16-17-23(32)29-25-31-30-24(33-25)27-19-18-22-20-26-21-28-22/h9-10,20-21H,2-8,11-19H2,1H3,(H,26,28)(H,27,30)(H,29,31,32). The molecule has 0 aromatic carbocycles. The quantitative estimate of drug-likeness (QED) is 0.143. The summed E-state index contributed by atoms with van der Waals surface area (Å²) in [5, 5.41) is 15.5. The van der Waals surface area contributed by atoms with Gasteiger partial charge in [-0.25, -0.2) is 4.98 Å². The van der Waals surface area contributed by atoms with Crippen molar-refractivity contribution >= 4 is 27.5 Å². The van der Waals surface area contributed by atoms with E-state index in [-0.39, 0.29) is 5.91 Å². The Bertz CT molecular complexity index is 759. The van der Waals surface area contributed by atoms with Gasteiger partial charge >= 0.3 is 0 Å². The van der Waals surface area contributed by atoms with Crippen LogP contribution in [0.5, 0.6) is 0 Å². The molecular weight excluding hydrogens is 432 g/mol. The van der Waals surface area contributed by atoms with Crippen LogP contribution in [0.1, 0.15) is 103 Å². The molecule has 0 aliphatic carbocycles. The van der Waals surface area contributed by atoms with E-state index in [1.54, 1.807) is 6.33 Å². The third-order valence-electron chi connectivity index (χ3n) is 5.56. The lowest BCUT2D eigenvalue weighted by molar-refractivity contribution is -0.116. The predicted octanol–water partition coefficient (Wildman–Crippen LogP) is 6.89. The third kappa shape index (κ3) is 13.8. The minimum absolute atomic E-state index is 0.0211. The Morgan fingerprint density at radius 3 is 2.30 bits per heavy atom. The van der Waals surface area contributed by atoms with Crippen molar-refractivity contribution in [2.75, 3.05) is 17.2 Å². The molecule has 1 amide bonds. The van der Waals surface area contributed by atoms with E-state index in [9.17, 15) is 4.79 Å². The van der Waals surface area contributed by atoms with Crippen molar-refractivity contribution in [1.29, 1.82) is 0 Å². The second-order valence-electron chi connectivity index (χ2n) is 8.55. The van der Waals surface area contributed by atoms with E-state index in [0.717, 1.165) is 31.5 Å². The Morgan fingerprint density at radius 1 is 0.939 bits per heavy atom. The number of nitrogens with one attached hydrogen (secondary N) is 3. The average Bonchev–Trinajstić information content (AvgIpc) is 3.49. The summed E-state index contributed by atoms with van der Waals surface area (Å²) in [5.74, 6) is 0.0211. The van der Waals surface area contributed by atoms with Gasteiger partial charge in [-0.05, 0) is 32.1 Å². The number of hydrogen-bond donors (Lipinski definition) is 3. The van der Waals surface area contributed by atoms with Crippen LogP contribution < -0.4 is 10.6 Å². The Labute approximate surface area is 203 Å². The summed E-state index contributed by atoms with van der Waals surface area (Å²) < 4.78 is 0. The maximum absolute atomic E-state index is 12.1. The molecule has 7 nitrogen and oxygen atoms in total. The number of nitrogens with zero attached hydrogens (tertiary/aromatic N) is 3. The zero-order chi connectivity index (χ0) is 23.4.